The normalized spacial score (nSPS) is 11.2. The van der Waals surface area contributed by atoms with E-state index in [2.05, 4.69) is 72.4 Å². The third-order valence-corrected chi connectivity index (χ3v) is 3.96. The molecule has 0 fully saturated rings. The van der Waals surface area contributed by atoms with Gasteiger partial charge < -0.3 is 5.32 Å². The standard InChI is InChI=1S/C18H27N3/c1-4-18(5-2)21-12-10-17(20-21)14-19-11-9-16-8-6-7-15(3)13-16/h6-8,10,12-13,18-19H,4-5,9,11,14H2,1-3H3. The molecular weight excluding hydrogens is 258 g/mol. The summed E-state index contributed by atoms with van der Waals surface area (Å²) in [7, 11) is 0. The fraction of sp³-hybridized carbons (Fsp3) is 0.500. The Bertz CT molecular complexity index is 541. The van der Waals surface area contributed by atoms with Crippen LogP contribution in [0, 0.1) is 6.92 Å². The van der Waals surface area contributed by atoms with Crippen LogP contribution in [0.2, 0.25) is 0 Å². The molecule has 1 heterocycles. The Morgan fingerprint density at radius 2 is 2.00 bits per heavy atom. The molecule has 0 aliphatic heterocycles. The van der Waals surface area contributed by atoms with Crippen molar-refractivity contribution in [2.45, 2.75) is 52.6 Å². The van der Waals surface area contributed by atoms with E-state index in [0.29, 0.717) is 6.04 Å². The van der Waals surface area contributed by atoms with Crippen molar-refractivity contribution in [2.24, 2.45) is 0 Å². The van der Waals surface area contributed by atoms with Gasteiger partial charge in [0.15, 0.2) is 0 Å². The second-order valence-corrected chi connectivity index (χ2v) is 5.67. The molecule has 0 aliphatic carbocycles. The van der Waals surface area contributed by atoms with Crippen molar-refractivity contribution in [3.8, 4) is 0 Å². The van der Waals surface area contributed by atoms with Gasteiger partial charge in [-0.2, -0.15) is 5.10 Å². The largest absolute Gasteiger partial charge is 0.311 e. The Kier molecular flexibility index (Phi) is 6.00. The van der Waals surface area contributed by atoms with E-state index in [9.17, 15) is 0 Å². The van der Waals surface area contributed by atoms with Crippen molar-refractivity contribution in [1.29, 1.82) is 0 Å². The molecule has 0 saturated heterocycles. The number of rotatable bonds is 8. The van der Waals surface area contributed by atoms with Crippen LogP contribution in [0.15, 0.2) is 36.5 Å². The van der Waals surface area contributed by atoms with Gasteiger partial charge in [0.05, 0.1) is 11.7 Å². The van der Waals surface area contributed by atoms with Crippen molar-refractivity contribution >= 4 is 0 Å². The molecule has 1 aromatic heterocycles. The van der Waals surface area contributed by atoms with E-state index in [1.165, 1.54) is 11.1 Å². The van der Waals surface area contributed by atoms with Gasteiger partial charge in [-0.3, -0.25) is 4.68 Å². The monoisotopic (exact) mass is 285 g/mol. The second kappa shape index (κ2) is 7.99. The van der Waals surface area contributed by atoms with Crippen LogP contribution in [0.3, 0.4) is 0 Å². The zero-order chi connectivity index (χ0) is 15.1. The van der Waals surface area contributed by atoms with Gasteiger partial charge in [0.25, 0.3) is 0 Å². The van der Waals surface area contributed by atoms with Crippen LogP contribution < -0.4 is 5.32 Å². The predicted molar refractivity (Wildman–Crippen MR) is 88.4 cm³/mol. The van der Waals surface area contributed by atoms with Crippen molar-refractivity contribution in [3.63, 3.8) is 0 Å². The van der Waals surface area contributed by atoms with E-state index in [1.54, 1.807) is 0 Å². The SMILES string of the molecule is CCC(CC)n1ccc(CNCCc2cccc(C)c2)n1. The number of nitrogens with zero attached hydrogens (tertiary/aromatic N) is 2. The summed E-state index contributed by atoms with van der Waals surface area (Å²) in [5, 5.41) is 8.15. The molecule has 3 nitrogen and oxygen atoms in total. The summed E-state index contributed by atoms with van der Waals surface area (Å²) >= 11 is 0. The lowest BCUT2D eigenvalue weighted by Crippen LogP contribution is -2.17. The van der Waals surface area contributed by atoms with Crippen LogP contribution in [0.1, 0.15) is 49.6 Å². The highest BCUT2D eigenvalue weighted by atomic mass is 15.3. The minimum atomic E-state index is 0.533. The van der Waals surface area contributed by atoms with Gasteiger partial charge >= 0.3 is 0 Å². The zero-order valence-electron chi connectivity index (χ0n) is 13.5. The quantitative estimate of drug-likeness (QED) is 0.746. The molecule has 3 heteroatoms. The highest BCUT2D eigenvalue weighted by Gasteiger charge is 2.07. The highest BCUT2D eigenvalue weighted by Crippen LogP contribution is 2.14. The Morgan fingerprint density at radius 3 is 2.71 bits per heavy atom. The number of nitrogens with one attached hydrogen (secondary N) is 1. The smallest absolute Gasteiger partial charge is 0.0762 e. The molecule has 1 N–H and O–H groups in total. The minimum Gasteiger partial charge on any atom is -0.311 e. The average Bonchev–Trinajstić information content (AvgIpc) is 2.94. The summed E-state index contributed by atoms with van der Waals surface area (Å²) in [6.07, 6.45) is 5.45. The van der Waals surface area contributed by atoms with Crippen molar-refractivity contribution < 1.29 is 0 Å². The zero-order valence-corrected chi connectivity index (χ0v) is 13.5. The van der Waals surface area contributed by atoms with Gasteiger partial charge in [-0.15, -0.1) is 0 Å². The number of hydrogen-bond acceptors (Lipinski definition) is 2. The first-order chi connectivity index (χ1) is 10.2. The molecule has 0 aliphatic rings. The molecular formula is C18H27N3. The Balaban J connectivity index is 1.76. The Labute approximate surface area is 128 Å². The fourth-order valence-corrected chi connectivity index (χ4v) is 2.65. The molecule has 2 aromatic rings. The molecule has 21 heavy (non-hydrogen) atoms. The number of aryl methyl sites for hydroxylation is 1. The number of aromatic nitrogens is 2. The van der Waals surface area contributed by atoms with E-state index in [4.69, 9.17) is 0 Å². The lowest BCUT2D eigenvalue weighted by Gasteiger charge is -2.12. The van der Waals surface area contributed by atoms with Crippen molar-refractivity contribution in [3.05, 3.63) is 53.3 Å². The highest BCUT2D eigenvalue weighted by molar-refractivity contribution is 5.22. The molecule has 114 valence electrons. The van der Waals surface area contributed by atoms with Gasteiger partial charge in [0.2, 0.25) is 0 Å². The average molecular weight is 285 g/mol. The molecule has 0 radical (unpaired) electrons. The van der Waals surface area contributed by atoms with Crippen molar-refractivity contribution in [2.75, 3.05) is 6.54 Å². The predicted octanol–water partition coefficient (Wildman–Crippen LogP) is 3.88. The third-order valence-electron chi connectivity index (χ3n) is 3.96. The first kappa shape index (κ1) is 15.8. The first-order valence-corrected chi connectivity index (χ1v) is 8.03. The summed E-state index contributed by atoms with van der Waals surface area (Å²) in [4.78, 5) is 0. The number of benzene rings is 1. The maximum Gasteiger partial charge on any atom is 0.0762 e. The first-order valence-electron chi connectivity index (χ1n) is 8.03. The molecule has 2 rings (SSSR count). The number of hydrogen-bond donors (Lipinski definition) is 1. The molecule has 0 spiro atoms. The topological polar surface area (TPSA) is 29.9 Å². The molecule has 0 amide bonds. The molecule has 1 aromatic carbocycles. The van der Waals surface area contributed by atoms with E-state index in [-0.39, 0.29) is 0 Å². The van der Waals surface area contributed by atoms with Crippen LogP contribution in [-0.2, 0) is 13.0 Å². The van der Waals surface area contributed by atoms with Crippen LogP contribution in [0.5, 0.6) is 0 Å². The molecule has 0 saturated carbocycles. The lowest BCUT2D eigenvalue weighted by atomic mass is 10.1. The minimum absolute atomic E-state index is 0.533. The van der Waals surface area contributed by atoms with Gasteiger partial charge in [-0.25, -0.2) is 0 Å². The van der Waals surface area contributed by atoms with E-state index in [1.807, 2.05) is 0 Å². The maximum absolute atomic E-state index is 4.67. The lowest BCUT2D eigenvalue weighted by molar-refractivity contribution is 0.424. The van der Waals surface area contributed by atoms with E-state index < -0.39 is 0 Å². The fourth-order valence-electron chi connectivity index (χ4n) is 2.65. The second-order valence-electron chi connectivity index (χ2n) is 5.67. The van der Waals surface area contributed by atoms with Gasteiger partial charge in [-0.1, -0.05) is 43.7 Å². The summed E-state index contributed by atoms with van der Waals surface area (Å²) < 4.78 is 2.11. The van der Waals surface area contributed by atoms with Gasteiger partial charge in [-0.05, 0) is 44.4 Å². The van der Waals surface area contributed by atoms with Crippen LogP contribution >= 0.6 is 0 Å². The van der Waals surface area contributed by atoms with Gasteiger partial charge in [0, 0.05) is 12.7 Å². The van der Waals surface area contributed by atoms with E-state index in [0.717, 1.165) is 38.0 Å². The van der Waals surface area contributed by atoms with Crippen LogP contribution in [0.4, 0.5) is 0 Å². The van der Waals surface area contributed by atoms with Gasteiger partial charge in [0.1, 0.15) is 0 Å². The summed E-state index contributed by atoms with van der Waals surface area (Å²) in [6, 6.07) is 11.4. The molecule has 0 atom stereocenters. The summed E-state index contributed by atoms with van der Waals surface area (Å²) in [6.45, 7) is 8.41. The van der Waals surface area contributed by atoms with Crippen LogP contribution in [-0.4, -0.2) is 16.3 Å². The summed E-state index contributed by atoms with van der Waals surface area (Å²) in [5.74, 6) is 0. The van der Waals surface area contributed by atoms with Crippen LogP contribution in [0.25, 0.3) is 0 Å². The Morgan fingerprint density at radius 1 is 1.19 bits per heavy atom. The molecule has 0 unspecified atom stereocenters. The van der Waals surface area contributed by atoms with E-state index >= 15 is 0 Å². The molecule has 0 bridgehead atoms. The maximum atomic E-state index is 4.67. The van der Waals surface area contributed by atoms with Crippen molar-refractivity contribution in [1.82, 2.24) is 15.1 Å². The summed E-state index contributed by atoms with van der Waals surface area (Å²) in [5.41, 5.74) is 3.85. The third kappa shape index (κ3) is 4.71. The Hall–Kier alpha value is -1.61.